The van der Waals surface area contributed by atoms with Crippen LogP contribution in [0.25, 0.3) is 0 Å². The van der Waals surface area contributed by atoms with Gasteiger partial charge in [-0.15, -0.1) is 0 Å². The van der Waals surface area contributed by atoms with Crippen molar-refractivity contribution >= 4 is 16.0 Å². The molecule has 0 saturated carbocycles. The van der Waals surface area contributed by atoms with Crippen LogP contribution in [0.3, 0.4) is 0 Å². The quantitative estimate of drug-likeness (QED) is 0.875. The molecule has 0 aliphatic heterocycles. The van der Waals surface area contributed by atoms with Crippen molar-refractivity contribution in [1.82, 2.24) is 24.7 Å². The number of aromatic nitrogens is 5. The molecule has 2 rings (SSSR count). The molecule has 19 heavy (non-hydrogen) atoms. The van der Waals surface area contributed by atoms with Crippen molar-refractivity contribution in [3.8, 4) is 0 Å². The Morgan fingerprint density at radius 1 is 1.42 bits per heavy atom. The van der Waals surface area contributed by atoms with Crippen LogP contribution < -0.4 is 4.31 Å². The summed E-state index contributed by atoms with van der Waals surface area (Å²) in [5.41, 5.74) is 0. The molecule has 9 heteroatoms. The summed E-state index contributed by atoms with van der Waals surface area (Å²) in [6, 6.07) is 0.150. The highest BCUT2D eigenvalue weighted by Gasteiger charge is 2.28. The van der Waals surface area contributed by atoms with E-state index < -0.39 is 10.0 Å². The number of sulfonamides is 1. The van der Waals surface area contributed by atoms with E-state index in [9.17, 15) is 8.42 Å². The summed E-state index contributed by atoms with van der Waals surface area (Å²) in [4.78, 5) is 7.83. The van der Waals surface area contributed by atoms with E-state index in [0.717, 1.165) is 4.31 Å². The molecule has 0 aliphatic carbocycles. The third-order valence-electron chi connectivity index (χ3n) is 2.65. The molecule has 0 aromatic carbocycles. The van der Waals surface area contributed by atoms with E-state index in [1.165, 1.54) is 18.9 Å². The van der Waals surface area contributed by atoms with E-state index in [2.05, 4.69) is 20.2 Å². The van der Waals surface area contributed by atoms with Gasteiger partial charge in [0.2, 0.25) is 5.95 Å². The van der Waals surface area contributed by atoms with Crippen molar-refractivity contribution in [2.75, 3.05) is 10.8 Å². The van der Waals surface area contributed by atoms with Crippen LogP contribution in [0.1, 0.15) is 26.8 Å². The van der Waals surface area contributed by atoms with Gasteiger partial charge in [-0.25, -0.2) is 14.4 Å². The van der Waals surface area contributed by atoms with Crippen molar-refractivity contribution < 1.29 is 8.42 Å². The largest absolute Gasteiger partial charge is 0.334 e. The van der Waals surface area contributed by atoms with Gasteiger partial charge in [-0.05, 0) is 20.8 Å². The molecule has 0 aliphatic rings. The SMILES string of the molecule is CCN(c1ncn[nH]1)S(=O)(=O)c1cn(C(C)C)cn1. The second kappa shape index (κ2) is 5.00. The van der Waals surface area contributed by atoms with Crippen molar-refractivity contribution in [2.45, 2.75) is 31.8 Å². The van der Waals surface area contributed by atoms with Crippen LogP contribution in [0.2, 0.25) is 0 Å². The topological polar surface area (TPSA) is 96.8 Å². The number of aromatic amines is 1. The molecule has 104 valence electrons. The molecule has 0 atom stereocenters. The lowest BCUT2D eigenvalue weighted by Gasteiger charge is -2.17. The minimum Gasteiger partial charge on any atom is -0.334 e. The summed E-state index contributed by atoms with van der Waals surface area (Å²) in [6.45, 7) is 5.86. The zero-order valence-electron chi connectivity index (χ0n) is 11.0. The Balaban J connectivity index is 2.40. The summed E-state index contributed by atoms with van der Waals surface area (Å²) in [6.07, 6.45) is 4.28. The fourth-order valence-corrected chi connectivity index (χ4v) is 2.92. The maximum atomic E-state index is 12.5. The lowest BCUT2D eigenvalue weighted by Crippen LogP contribution is -2.32. The fraction of sp³-hybridized carbons (Fsp3) is 0.500. The minimum absolute atomic E-state index is 0.000509. The van der Waals surface area contributed by atoms with E-state index in [4.69, 9.17) is 0 Å². The number of nitrogens with zero attached hydrogens (tertiary/aromatic N) is 5. The number of imidazole rings is 1. The Hall–Kier alpha value is -1.90. The highest BCUT2D eigenvalue weighted by Crippen LogP contribution is 2.19. The van der Waals surface area contributed by atoms with Crippen LogP contribution in [0.15, 0.2) is 23.9 Å². The number of rotatable bonds is 5. The summed E-state index contributed by atoms with van der Waals surface area (Å²) in [5.74, 6) is 0.182. The van der Waals surface area contributed by atoms with Crippen LogP contribution in [0, 0.1) is 0 Å². The Kier molecular flexibility index (Phi) is 3.56. The number of anilines is 1. The molecule has 2 aromatic heterocycles. The highest BCUT2D eigenvalue weighted by molar-refractivity contribution is 7.92. The van der Waals surface area contributed by atoms with Crippen LogP contribution in [0.4, 0.5) is 5.95 Å². The van der Waals surface area contributed by atoms with E-state index in [-0.39, 0.29) is 23.6 Å². The maximum Gasteiger partial charge on any atom is 0.285 e. The molecule has 0 saturated heterocycles. The molecule has 0 fully saturated rings. The minimum atomic E-state index is -3.72. The summed E-state index contributed by atoms with van der Waals surface area (Å²) >= 11 is 0. The third-order valence-corrected chi connectivity index (χ3v) is 4.41. The Morgan fingerprint density at radius 3 is 2.63 bits per heavy atom. The van der Waals surface area contributed by atoms with E-state index in [1.54, 1.807) is 11.5 Å². The maximum absolute atomic E-state index is 12.5. The van der Waals surface area contributed by atoms with Gasteiger partial charge in [0.05, 0.1) is 6.33 Å². The van der Waals surface area contributed by atoms with Gasteiger partial charge in [0, 0.05) is 18.8 Å². The molecule has 8 nitrogen and oxygen atoms in total. The van der Waals surface area contributed by atoms with Gasteiger partial charge in [0.15, 0.2) is 5.03 Å². The number of nitrogens with one attached hydrogen (secondary N) is 1. The first-order valence-electron chi connectivity index (χ1n) is 5.88. The third kappa shape index (κ3) is 2.46. The first-order valence-corrected chi connectivity index (χ1v) is 7.32. The van der Waals surface area contributed by atoms with Crippen LogP contribution >= 0.6 is 0 Å². The zero-order valence-corrected chi connectivity index (χ0v) is 11.8. The van der Waals surface area contributed by atoms with Crippen molar-refractivity contribution in [2.24, 2.45) is 0 Å². The van der Waals surface area contributed by atoms with Gasteiger partial charge in [-0.3, -0.25) is 0 Å². The Bertz CT molecular complexity index is 631. The average molecular weight is 284 g/mol. The van der Waals surface area contributed by atoms with Gasteiger partial charge >= 0.3 is 0 Å². The first-order chi connectivity index (χ1) is 8.96. The molecule has 0 amide bonds. The van der Waals surface area contributed by atoms with Crippen molar-refractivity contribution in [3.63, 3.8) is 0 Å². The number of H-pyrrole nitrogens is 1. The average Bonchev–Trinajstić information content (AvgIpc) is 3.00. The van der Waals surface area contributed by atoms with Crippen LogP contribution in [-0.2, 0) is 10.0 Å². The standard InChI is InChI=1S/C10H16N6O2S/c1-4-16(10-11-6-13-14-10)19(17,18)9-5-15(7-12-9)8(2)3/h5-8H,4H2,1-3H3,(H,11,13,14). The molecular formula is C10H16N6O2S. The second-order valence-corrected chi connectivity index (χ2v) is 6.04. The van der Waals surface area contributed by atoms with E-state index in [0.29, 0.717) is 0 Å². The highest BCUT2D eigenvalue weighted by atomic mass is 32.2. The summed E-state index contributed by atoms with van der Waals surface area (Å²) in [5, 5.41) is 6.21. The van der Waals surface area contributed by atoms with Crippen molar-refractivity contribution in [3.05, 3.63) is 18.9 Å². The van der Waals surface area contributed by atoms with E-state index in [1.807, 2.05) is 13.8 Å². The van der Waals surface area contributed by atoms with Crippen molar-refractivity contribution in [1.29, 1.82) is 0 Å². The van der Waals surface area contributed by atoms with E-state index >= 15 is 0 Å². The Morgan fingerprint density at radius 2 is 2.16 bits per heavy atom. The van der Waals surface area contributed by atoms with Crippen LogP contribution in [0.5, 0.6) is 0 Å². The van der Waals surface area contributed by atoms with Gasteiger partial charge < -0.3 is 4.57 Å². The van der Waals surface area contributed by atoms with Gasteiger partial charge in [0.1, 0.15) is 6.33 Å². The zero-order chi connectivity index (χ0) is 14.0. The molecule has 0 bridgehead atoms. The van der Waals surface area contributed by atoms with Crippen LogP contribution in [-0.4, -0.2) is 39.7 Å². The van der Waals surface area contributed by atoms with Gasteiger partial charge in [-0.1, -0.05) is 0 Å². The fourth-order valence-electron chi connectivity index (χ4n) is 1.60. The monoisotopic (exact) mass is 284 g/mol. The molecule has 0 spiro atoms. The smallest absolute Gasteiger partial charge is 0.285 e. The number of hydrogen-bond donors (Lipinski definition) is 1. The lowest BCUT2D eigenvalue weighted by atomic mass is 10.4. The van der Waals surface area contributed by atoms with Gasteiger partial charge in [-0.2, -0.15) is 18.5 Å². The summed E-state index contributed by atoms with van der Waals surface area (Å²) in [7, 11) is -3.72. The predicted molar refractivity (Wildman–Crippen MR) is 69.2 cm³/mol. The Labute approximate surface area is 111 Å². The number of hydrogen-bond acceptors (Lipinski definition) is 5. The molecular weight excluding hydrogens is 268 g/mol. The normalized spacial score (nSPS) is 12.0. The lowest BCUT2D eigenvalue weighted by molar-refractivity contribution is 0.584. The molecule has 2 heterocycles. The molecule has 1 N–H and O–H groups in total. The first kappa shape index (κ1) is 13.5. The van der Waals surface area contributed by atoms with Gasteiger partial charge in [0.25, 0.3) is 10.0 Å². The molecule has 0 unspecified atom stereocenters. The predicted octanol–water partition coefficient (Wildman–Crippen LogP) is 0.797. The second-order valence-electron chi connectivity index (χ2n) is 4.23. The summed E-state index contributed by atoms with van der Waals surface area (Å²) < 4.78 is 27.8. The molecule has 2 aromatic rings. The molecule has 0 radical (unpaired) electrons.